The van der Waals surface area contributed by atoms with Gasteiger partial charge in [0.2, 0.25) is 5.91 Å². The minimum atomic E-state index is -0.270. The average Bonchev–Trinajstić information content (AvgIpc) is 3.20. The van der Waals surface area contributed by atoms with E-state index in [1.54, 1.807) is 12.4 Å². The number of carbonyl (C=O) groups excluding carboxylic acids is 1. The van der Waals surface area contributed by atoms with Gasteiger partial charge in [-0.25, -0.2) is 0 Å². The molecule has 0 N–H and O–H groups in total. The van der Waals surface area contributed by atoms with Gasteiger partial charge in [-0.15, -0.1) is 0 Å². The first-order valence-electron chi connectivity index (χ1n) is 10.0. The van der Waals surface area contributed by atoms with E-state index in [-0.39, 0.29) is 10.8 Å². The summed E-state index contributed by atoms with van der Waals surface area (Å²) in [5.41, 5.74) is 0.398. The van der Waals surface area contributed by atoms with E-state index in [4.69, 9.17) is 4.52 Å². The molecular weight excluding hydrogens is 340 g/mol. The second-order valence-corrected chi connectivity index (χ2v) is 8.67. The second-order valence-electron chi connectivity index (χ2n) is 8.67. The summed E-state index contributed by atoms with van der Waals surface area (Å²) in [5.74, 6) is 1.52. The molecule has 1 atom stereocenters. The van der Waals surface area contributed by atoms with Crippen LogP contribution in [0.4, 0.5) is 0 Å². The molecule has 0 radical (unpaired) electrons. The smallest absolute Gasteiger partial charge is 0.258 e. The Hall–Kier alpha value is -2.24. The lowest BCUT2D eigenvalue weighted by atomic mass is 9.73. The van der Waals surface area contributed by atoms with Gasteiger partial charge in [-0.05, 0) is 37.8 Å². The van der Waals surface area contributed by atoms with Gasteiger partial charge >= 0.3 is 0 Å². The molecule has 0 spiro atoms. The maximum atomic E-state index is 13.3. The number of hydrogen-bond donors (Lipinski definition) is 0. The Bertz CT molecular complexity index is 798. The zero-order chi connectivity index (χ0) is 18.9. The zero-order valence-corrected chi connectivity index (χ0v) is 16.3. The summed E-state index contributed by atoms with van der Waals surface area (Å²) in [4.78, 5) is 24.0. The predicted octanol–water partition coefficient (Wildman–Crippen LogP) is 3.98. The Kier molecular flexibility index (Phi) is 4.74. The molecular formula is C21H28N4O2. The highest BCUT2D eigenvalue weighted by molar-refractivity contribution is 5.82. The Balaban J connectivity index is 1.53. The summed E-state index contributed by atoms with van der Waals surface area (Å²) in [6.07, 6.45) is 10.9. The molecule has 1 unspecified atom stereocenters. The minimum absolute atomic E-state index is 0.198. The van der Waals surface area contributed by atoms with Crippen molar-refractivity contribution in [2.75, 3.05) is 13.1 Å². The summed E-state index contributed by atoms with van der Waals surface area (Å²) in [5, 5.41) is 4.27. The van der Waals surface area contributed by atoms with E-state index in [9.17, 15) is 4.79 Å². The molecule has 4 rings (SSSR count). The molecule has 2 aromatic rings. The van der Waals surface area contributed by atoms with Gasteiger partial charge in [0, 0.05) is 41.9 Å². The van der Waals surface area contributed by atoms with Gasteiger partial charge < -0.3 is 9.42 Å². The van der Waals surface area contributed by atoms with Crippen LogP contribution >= 0.6 is 0 Å². The molecule has 1 amide bonds. The van der Waals surface area contributed by atoms with Crippen LogP contribution in [0, 0.1) is 5.41 Å². The number of amides is 1. The highest BCUT2D eigenvalue weighted by Crippen LogP contribution is 2.40. The first-order chi connectivity index (χ1) is 13.0. The maximum Gasteiger partial charge on any atom is 0.258 e. The van der Waals surface area contributed by atoms with Crippen LogP contribution in [0.5, 0.6) is 0 Å². The summed E-state index contributed by atoms with van der Waals surface area (Å²) in [6.45, 7) is 5.79. The number of nitrogens with zero attached hydrogens (tertiary/aromatic N) is 4. The molecule has 144 valence electrons. The molecule has 2 aromatic heterocycles. The third kappa shape index (κ3) is 3.49. The van der Waals surface area contributed by atoms with E-state index in [1.807, 2.05) is 12.1 Å². The summed E-state index contributed by atoms with van der Waals surface area (Å²) < 4.78 is 5.51. The first kappa shape index (κ1) is 18.1. The highest BCUT2D eigenvalue weighted by atomic mass is 16.5. The first-order valence-corrected chi connectivity index (χ1v) is 10.0. The van der Waals surface area contributed by atoms with Gasteiger partial charge in [-0.3, -0.25) is 9.78 Å². The van der Waals surface area contributed by atoms with Crippen LogP contribution in [0.25, 0.3) is 11.5 Å². The number of aromatic nitrogens is 3. The fourth-order valence-corrected chi connectivity index (χ4v) is 4.60. The predicted molar refractivity (Wildman–Crippen MR) is 102 cm³/mol. The van der Waals surface area contributed by atoms with Gasteiger partial charge in [-0.2, -0.15) is 4.98 Å². The molecule has 2 aliphatic rings. The van der Waals surface area contributed by atoms with Crippen molar-refractivity contribution >= 4 is 5.91 Å². The molecule has 2 fully saturated rings. The monoisotopic (exact) mass is 368 g/mol. The fourth-order valence-electron chi connectivity index (χ4n) is 4.60. The van der Waals surface area contributed by atoms with Crippen LogP contribution in [0.3, 0.4) is 0 Å². The number of piperidine rings is 1. The Morgan fingerprint density at radius 2 is 1.81 bits per heavy atom. The number of likely N-dealkylation sites (tertiary alicyclic amines) is 1. The molecule has 3 heterocycles. The summed E-state index contributed by atoms with van der Waals surface area (Å²) in [6, 6.07) is 3.72. The summed E-state index contributed by atoms with van der Waals surface area (Å²) >= 11 is 0. The maximum absolute atomic E-state index is 13.3. The van der Waals surface area contributed by atoms with Crippen molar-refractivity contribution in [3.8, 4) is 11.5 Å². The van der Waals surface area contributed by atoms with E-state index >= 15 is 0 Å². The largest absolute Gasteiger partial charge is 0.341 e. The molecule has 1 saturated carbocycles. The van der Waals surface area contributed by atoms with Crippen molar-refractivity contribution in [2.45, 2.75) is 64.2 Å². The van der Waals surface area contributed by atoms with Gasteiger partial charge in [0.15, 0.2) is 5.82 Å². The summed E-state index contributed by atoms with van der Waals surface area (Å²) in [7, 11) is 0. The lowest BCUT2D eigenvalue weighted by Gasteiger charge is -2.43. The van der Waals surface area contributed by atoms with Crippen LogP contribution in [0.2, 0.25) is 0 Å². The van der Waals surface area contributed by atoms with Crippen LogP contribution < -0.4 is 0 Å². The van der Waals surface area contributed by atoms with Gasteiger partial charge in [0.05, 0.1) is 0 Å². The third-order valence-corrected chi connectivity index (χ3v) is 6.35. The lowest BCUT2D eigenvalue weighted by molar-refractivity contribution is -0.145. The molecule has 1 saturated heterocycles. The molecule has 0 aromatic carbocycles. The normalized spacial score (nSPS) is 25.3. The molecule has 6 heteroatoms. The van der Waals surface area contributed by atoms with E-state index in [0.29, 0.717) is 24.2 Å². The quantitative estimate of drug-likeness (QED) is 0.819. The van der Waals surface area contributed by atoms with Crippen molar-refractivity contribution in [3.63, 3.8) is 0 Å². The molecule has 1 aliphatic heterocycles. The topological polar surface area (TPSA) is 72.1 Å². The number of rotatable bonds is 3. The zero-order valence-electron chi connectivity index (χ0n) is 16.3. The SMILES string of the molecule is CC1(C(=O)N2CCCC(C)(c3noc(-c4ccncc4)n3)C2)CCCCC1. The Labute approximate surface area is 160 Å². The van der Waals surface area contributed by atoms with Crippen molar-refractivity contribution < 1.29 is 9.32 Å². The van der Waals surface area contributed by atoms with Crippen LogP contribution in [0.15, 0.2) is 29.0 Å². The Morgan fingerprint density at radius 1 is 1.07 bits per heavy atom. The highest BCUT2D eigenvalue weighted by Gasteiger charge is 2.43. The van der Waals surface area contributed by atoms with Crippen LogP contribution in [-0.4, -0.2) is 39.0 Å². The fraction of sp³-hybridized carbons (Fsp3) is 0.619. The number of carbonyl (C=O) groups is 1. The van der Waals surface area contributed by atoms with Gasteiger partial charge in [-0.1, -0.05) is 38.3 Å². The van der Waals surface area contributed by atoms with E-state index in [1.165, 1.54) is 6.42 Å². The standard InChI is InChI=1S/C21H28N4O2/c1-20(9-4-3-5-10-20)19(26)25-14-6-11-21(2,15-25)18-23-17(27-24-18)16-7-12-22-13-8-16/h7-8,12-13H,3-6,9-11,14-15H2,1-2H3. The van der Waals surface area contributed by atoms with Crippen molar-refractivity contribution in [2.24, 2.45) is 5.41 Å². The molecule has 1 aliphatic carbocycles. The van der Waals surface area contributed by atoms with Gasteiger partial charge in [0.25, 0.3) is 5.89 Å². The molecule has 6 nitrogen and oxygen atoms in total. The van der Waals surface area contributed by atoms with E-state index in [2.05, 4.69) is 33.9 Å². The number of hydrogen-bond acceptors (Lipinski definition) is 5. The Morgan fingerprint density at radius 3 is 2.56 bits per heavy atom. The molecule has 0 bridgehead atoms. The molecule has 27 heavy (non-hydrogen) atoms. The lowest BCUT2D eigenvalue weighted by Crippen LogP contribution is -2.52. The minimum Gasteiger partial charge on any atom is -0.341 e. The number of pyridine rings is 1. The van der Waals surface area contributed by atoms with Crippen molar-refractivity contribution in [1.82, 2.24) is 20.0 Å². The second kappa shape index (κ2) is 7.06. The van der Waals surface area contributed by atoms with E-state index < -0.39 is 0 Å². The van der Waals surface area contributed by atoms with Gasteiger partial charge in [0.1, 0.15) is 0 Å². The van der Waals surface area contributed by atoms with Crippen molar-refractivity contribution in [3.05, 3.63) is 30.4 Å². The van der Waals surface area contributed by atoms with Crippen LogP contribution in [0.1, 0.15) is 64.6 Å². The van der Waals surface area contributed by atoms with Crippen LogP contribution in [-0.2, 0) is 10.2 Å². The van der Waals surface area contributed by atoms with Crippen molar-refractivity contribution in [1.29, 1.82) is 0 Å². The third-order valence-electron chi connectivity index (χ3n) is 6.35. The average molecular weight is 368 g/mol. The van der Waals surface area contributed by atoms with E-state index in [0.717, 1.165) is 50.6 Å².